The third-order valence-electron chi connectivity index (χ3n) is 1.50. The molecule has 1 aromatic carbocycles. The zero-order valence-corrected chi connectivity index (χ0v) is 18.0. The van der Waals surface area contributed by atoms with Crippen LogP contribution in [-0.4, -0.2) is 11.9 Å². The largest absolute Gasteiger partial charge is 1.00 e. The van der Waals surface area contributed by atoms with Gasteiger partial charge in [-0.1, -0.05) is 0 Å². The second-order valence-corrected chi connectivity index (χ2v) is 4.10. The van der Waals surface area contributed by atoms with Crippen LogP contribution in [0.5, 0.6) is 0 Å². The van der Waals surface area contributed by atoms with Crippen molar-refractivity contribution in [2.24, 2.45) is 0 Å². The van der Waals surface area contributed by atoms with E-state index in [4.69, 9.17) is 0 Å². The van der Waals surface area contributed by atoms with E-state index in [9.17, 15) is 19.8 Å². The second-order valence-electron chi connectivity index (χ2n) is 2.39. The van der Waals surface area contributed by atoms with Crippen LogP contribution in [0.2, 0.25) is 0 Å². The average Bonchev–Trinajstić information content (AvgIpc) is 2.08. The maximum Gasteiger partial charge on any atom is 1.00 e. The molecule has 0 atom stereocenters. The Hall–Kier alpha value is 2.39. The molecule has 0 saturated heterocycles. The number of carboxylic acids is 2. The predicted molar refractivity (Wildman–Crippen MR) is 50.5 cm³/mol. The first-order valence-electron chi connectivity index (χ1n) is 3.35. The first-order chi connectivity index (χ1) is 6.43. The van der Waals surface area contributed by atoms with Crippen molar-refractivity contribution in [2.75, 3.05) is 0 Å². The molecule has 4 nitrogen and oxygen atoms in total. The van der Waals surface area contributed by atoms with Crippen molar-refractivity contribution < 1.29 is 123 Å². The Bertz CT molecular complexity index is 384. The SMILES string of the molecule is O=C([O-])c1cc(Br)c(Br)cc1C(=O)[O-].[K+].[K+]. The third-order valence-corrected chi connectivity index (χ3v) is 3.34. The molecule has 0 aliphatic carbocycles. The van der Waals surface area contributed by atoms with Gasteiger partial charge in [-0.25, -0.2) is 0 Å². The molecule has 1 aromatic rings. The van der Waals surface area contributed by atoms with Crippen molar-refractivity contribution in [1.82, 2.24) is 0 Å². The molecule has 0 heterocycles. The van der Waals surface area contributed by atoms with Gasteiger partial charge in [-0.15, -0.1) is 0 Å². The third kappa shape index (κ3) is 5.58. The molecule has 0 amide bonds. The molecule has 0 aliphatic heterocycles. The maximum atomic E-state index is 10.6. The number of aromatic carboxylic acids is 2. The molecule has 8 heteroatoms. The molecule has 1 rings (SSSR count). The fraction of sp³-hybridized carbons (Fsp3) is 0. The number of hydrogen-bond donors (Lipinski definition) is 0. The summed E-state index contributed by atoms with van der Waals surface area (Å²) in [6, 6.07) is 2.29. The summed E-state index contributed by atoms with van der Waals surface area (Å²) in [6.45, 7) is 0. The van der Waals surface area contributed by atoms with Crippen molar-refractivity contribution in [2.45, 2.75) is 0 Å². The van der Waals surface area contributed by atoms with Crippen LogP contribution in [0.15, 0.2) is 21.1 Å². The van der Waals surface area contributed by atoms with E-state index in [1.807, 2.05) is 0 Å². The van der Waals surface area contributed by atoms with Gasteiger partial charge in [-0.3, -0.25) is 0 Å². The van der Waals surface area contributed by atoms with Crippen molar-refractivity contribution >= 4 is 43.8 Å². The van der Waals surface area contributed by atoms with Gasteiger partial charge in [0, 0.05) is 20.1 Å². The Morgan fingerprint density at radius 3 is 1.31 bits per heavy atom. The van der Waals surface area contributed by atoms with Gasteiger partial charge < -0.3 is 19.8 Å². The Kier molecular flexibility index (Phi) is 12.1. The Balaban J connectivity index is 0. The van der Waals surface area contributed by atoms with Crippen LogP contribution in [0.1, 0.15) is 20.7 Å². The molecule has 0 bridgehead atoms. The van der Waals surface area contributed by atoms with Gasteiger partial charge in [0.15, 0.2) is 0 Å². The summed E-state index contributed by atoms with van der Waals surface area (Å²) >= 11 is 6.09. The molecule has 0 unspecified atom stereocenters. The Morgan fingerprint density at radius 2 is 1.12 bits per heavy atom. The fourth-order valence-electron chi connectivity index (χ4n) is 0.885. The molecule has 0 fully saturated rings. The summed E-state index contributed by atoms with van der Waals surface area (Å²) in [6.07, 6.45) is 0. The normalized spacial score (nSPS) is 8.62. The van der Waals surface area contributed by atoms with Crippen LogP contribution in [0.3, 0.4) is 0 Å². The van der Waals surface area contributed by atoms with Crippen molar-refractivity contribution in [3.63, 3.8) is 0 Å². The molecule has 0 spiro atoms. The van der Waals surface area contributed by atoms with Crippen molar-refractivity contribution in [1.29, 1.82) is 0 Å². The minimum Gasteiger partial charge on any atom is -0.545 e. The second kappa shape index (κ2) is 9.32. The van der Waals surface area contributed by atoms with Gasteiger partial charge in [-0.2, -0.15) is 0 Å². The van der Waals surface area contributed by atoms with E-state index in [-0.39, 0.29) is 103 Å². The predicted octanol–water partition coefficient (Wildman–Crippen LogP) is -6.05. The van der Waals surface area contributed by atoms with E-state index in [1.54, 1.807) is 0 Å². The quantitative estimate of drug-likeness (QED) is 0.463. The molecule has 0 saturated carbocycles. The van der Waals surface area contributed by atoms with Gasteiger partial charge >= 0.3 is 103 Å². The number of rotatable bonds is 2. The number of carbonyl (C=O) groups excluding carboxylic acids is 2. The molecule has 16 heavy (non-hydrogen) atoms. The van der Waals surface area contributed by atoms with E-state index in [2.05, 4.69) is 31.9 Å². The van der Waals surface area contributed by atoms with E-state index in [0.29, 0.717) is 8.95 Å². The van der Waals surface area contributed by atoms with Crippen molar-refractivity contribution in [3.8, 4) is 0 Å². The van der Waals surface area contributed by atoms with Crippen LogP contribution in [0.4, 0.5) is 0 Å². The topological polar surface area (TPSA) is 80.3 Å². The first-order valence-corrected chi connectivity index (χ1v) is 4.94. The molecular formula is C8H2Br2K2O4. The zero-order chi connectivity index (χ0) is 10.9. The van der Waals surface area contributed by atoms with Gasteiger partial charge in [0.25, 0.3) is 0 Å². The molecule has 0 N–H and O–H groups in total. The Morgan fingerprint density at radius 1 is 0.875 bits per heavy atom. The monoisotopic (exact) mass is 398 g/mol. The van der Waals surface area contributed by atoms with Gasteiger partial charge in [0.1, 0.15) is 0 Å². The number of benzene rings is 1. The number of carbonyl (C=O) groups is 2. The number of halogens is 2. The van der Waals surface area contributed by atoms with Crippen LogP contribution in [-0.2, 0) is 0 Å². The number of hydrogen-bond acceptors (Lipinski definition) is 4. The van der Waals surface area contributed by atoms with Crippen LogP contribution < -0.4 is 113 Å². The first kappa shape index (κ1) is 20.7. The summed E-state index contributed by atoms with van der Waals surface area (Å²) in [4.78, 5) is 21.1. The molecular weight excluding hydrogens is 398 g/mol. The molecule has 0 aliphatic rings. The standard InChI is InChI=1S/C8H4Br2O4.2K/c9-5-1-3(7(11)12)4(8(13)14)2-6(5)10;;/h1-2H,(H,11,12)(H,13,14);;/q;2*+1/p-2. The van der Waals surface area contributed by atoms with E-state index in [1.165, 1.54) is 0 Å². The zero-order valence-electron chi connectivity index (χ0n) is 8.54. The van der Waals surface area contributed by atoms with E-state index in [0.717, 1.165) is 12.1 Å². The van der Waals surface area contributed by atoms with Gasteiger partial charge in [-0.05, 0) is 44.0 Å². The fourth-order valence-corrected chi connectivity index (χ4v) is 1.57. The van der Waals surface area contributed by atoms with Gasteiger partial charge in [0.2, 0.25) is 0 Å². The molecule has 74 valence electrons. The van der Waals surface area contributed by atoms with Crippen LogP contribution in [0.25, 0.3) is 0 Å². The minimum absolute atomic E-state index is 0. The van der Waals surface area contributed by atoms with Gasteiger partial charge in [0.05, 0.1) is 11.9 Å². The van der Waals surface area contributed by atoms with E-state index < -0.39 is 23.1 Å². The molecule has 0 radical (unpaired) electrons. The summed E-state index contributed by atoms with van der Waals surface area (Å²) in [5, 5.41) is 21.1. The number of carboxylic acid groups (broad SMARTS) is 2. The Labute approximate surface area is 194 Å². The summed E-state index contributed by atoms with van der Waals surface area (Å²) in [7, 11) is 0. The summed E-state index contributed by atoms with van der Waals surface area (Å²) in [5.74, 6) is -3.12. The summed E-state index contributed by atoms with van der Waals surface area (Å²) in [5.41, 5.74) is -0.833. The smallest absolute Gasteiger partial charge is 0.545 e. The van der Waals surface area contributed by atoms with Crippen LogP contribution >= 0.6 is 31.9 Å². The minimum atomic E-state index is -1.56. The maximum absolute atomic E-state index is 10.6. The average molecular weight is 400 g/mol. The summed E-state index contributed by atoms with van der Waals surface area (Å²) < 4.78 is 0.864. The van der Waals surface area contributed by atoms with Crippen molar-refractivity contribution in [3.05, 3.63) is 32.2 Å². The van der Waals surface area contributed by atoms with E-state index >= 15 is 0 Å². The van der Waals surface area contributed by atoms with Crippen LogP contribution in [0, 0.1) is 0 Å². The molecule has 0 aromatic heterocycles.